The van der Waals surface area contributed by atoms with Gasteiger partial charge >= 0.3 is 0 Å². The second kappa shape index (κ2) is 7.87. The molecule has 0 fully saturated rings. The van der Waals surface area contributed by atoms with Gasteiger partial charge in [0.25, 0.3) is 5.91 Å². The van der Waals surface area contributed by atoms with Gasteiger partial charge in [-0.3, -0.25) is 4.79 Å². The first-order valence-electron chi connectivity index (χ1n) is 5.94. The molecule has 0 saturated carbocycles. The Balaban J connectivity index is 2.30. The van der Waals surface area contributed by atoms with Crippen LogP contribution in [0.4, 0.5) is 0 Å². The largest absolute Gasteiger partial charge is 0.504 e. The summed E-state index contributed by atoms with van der Waals surface area (Å²) in [6.07, 6.45) is 5.30. The third kappa shape index (κ3) is 4.87. The molecular weight excluding hydrogens is 250 g/mol. The maximum atomic E-state index is 11.7. The molecular formula is C13H19NO3S. The average Bonchev–Trinajstić information content (AvgIpc) is 2.36. The number of carbonyl (C=O) groups is 1. The molecule has 0 unspecified atom stereocenters. The molecule has 3 N–H and O–H groups in total. The Hall–Kier alpha value is -1.36. The minimum Gasteiger partial charge on any atom is -0.504 e. The summed E-state index contributed by atoms with van der Waals surface area (Å²) >= 11 is 1.83. The minimum absolute atomic E-state index is 0.219. The number of phenols is 2. The number of rotatable bonds is 7. The van der Waals surface area contributed by atoms with E-state index >= 15 is 0 Å². The first-order valence-corrected chi connectivity index (χ1v) is 7.33. The van der Waals surface area contributed by atoms with Crippen molar-refractivity contribution in [2.45, 2.75) is 19.3 Å². The van der Waals surface area contributed by atoms with Crippen molar-refractivity contribution in [3.63, 3.8) is 0 Å². The highest BCUT2D eigenvalue weighted by atomic mass is 32.2. The van der Waals surface area contributed by atoms with Crippen LogP contribution in [-0.2, 0) is 0 Å². The Morgan fingerprint density at radius 2 is 2.00 bits per heavy atom. The van der Waals surface area contributed by atoms with Crippen molar-refractivity contribution in [2.75, 3.05) is 18.6 Å². The number of unbranched alkanes of at least 4 members (excludes halogenated alkanes) is 2. The summed E-state index contributed by atoms with van der Waals surface area (Å²) in [4.78, 5) is 11.7. The maximum Gasteiger partial charge on any atom is 0.251 e. The minimum atomic E-state index is -0.275. The van der Waals surface area contributed by atoms with Crippen LogP contribution in [0.25, 0.3) is 0 Å². The molecule has 5 heteroatoms. The lowest BCUT2D eigenvalue weighted by Crippen LogP contribution is -2.24. The molecule has 0 aliphatic heterocycles. The van der Waals surface area contributed by atoms with Gasteiger partial charge in [0.2, 0.25) is 0 Å². The van der Waals surface area contributed by atoms with Crippen LogP contribution in [0.15, 0.2) is 18.2 Å². The highest BCUT2D eigenvalue weighted by molar-refractivity contribution is 7.98. The Bertz CT molecular complexity index is 396. The van der Waals surface area contributed by atoms with E-state index in [1.54, 1.807) is 0 Å². The van der Waals surface area contributed by atoms with E-state index in [0.717, 1.165) is 25.0 Å². The van der Waals surface area contributed by atoms with Crippen molar-refractivity contribution in [1.29, 1.82) is 0 Å². The molecule has 1 rings (SSSR count). The number of hydrogen-bond donors (Lipinski definition) is 3. The molecule has 1 amide bonds. The van der Waals surface area contributed by atoms with Crippen LogP contribution < -0.4 is 5.32 Å². The fourth-order valence-corrected chi connectivity index (χ4v) is 2.01. The van der Waals surface area contributed by atoms with Gasteiger partial charge in [0, 0.05) is 12.1 Å². The monoisotopic (exact) mass is 269 g/mol. The summed E-state index contributed by atoms with van der Waals surface area (Å²) < 4.78 is 0. The second-order valence-electron chi connectivity index (χ2n) is 4.01. The smallest absolute Gasteiger partial charge is 0.251 e. The Kier molecular flexibility index (Phi) is 6.43. The molecule has 0 atom stereocenters. The van der Waals surface area contributed by atoms with Gasteiger partial charge in [-0.15, -0.1) is 0 Å². The molecule has 0 saturated heterocycles. The Morgan fingerprint density at radius 1 is 1.22 bits per heavy atom. The van der Waals surface area contributed by atoms with Crippen molar-refractivity contribution < 1.29 is 15.0 Å². The first kappa shape index (κ1) is 14.7. The number of carbonyl (C=O) groups excluding carboxylic acids is 1. The van der Waals surface area contributed by atoms with Crippen LogP contribution in [0.5, 0.6) is 11.5 Å². The maximum absolute atomic E-state index is 11.7. The molecule has 1 aromatic rings. The van der Waals surface area contributed by atoms with Crippen molar-refractivity contribution >= 4 is 17.7 Å². The van der Waals surface area contributed by atoms with Gasteiger partial charge in [0.1, 0.15) is 0 Å². The van der Waals surface area contributed by atoms with E-state index < -0.39 is 0 Å². The van der Waals surface area contributed by atoms with E-state index in [9.17, 15) is 9.90 Å². The van der Waals surface area contributed by atoms with E-state index in [1.165, 1.54) is 18.2 Å². The van der Waals surface area contributed by atoms with Crippen LogP contribution in [0, 0.1) is 0 Å². The number of benzene rings is 1. The molecule has 0 radical (unpaired) electrons. The van der Waals surface area contributed by atoms with Gasteiger partial charge in [-0.05, 0) is 43.0 Å². The number of amides is 1. The molecule has 0 aliphatic rings. The first-order chi connectivity index (χ1) is 8.65. The fourth-order valence-electron chi connectivity index (χ4n) is 1.52. The molecule has 1 aromatic carbocycles. The standard InChI is InChI=1S/C13H19NO3S/c1-18-8-4-2-3-7-14-13(17)10-5-6-11(15)12(16)9-10/h5-6,9,15-16H,2-4,7-8H2,1H3,(H,14,17). The van der Waals surface area contributed by atoms with Crippen molar-refractivity contribution in [2.24, 2.45) is 0 Å². The average molecular weight is 269 g/mol. The van der Waals surface area contributed by atoms with Crippen molar-refractivity contribution in [3.05, 3.63) is 23.8 Å². The van der Waals surface area contributed by atoms with E-state index in [1.807, 2.05) is 11.8 Å². The summed E-state index contributed by atoms with van der Waals surface area (Å²) in [5, 5.41) is 21.2. The fraction of sp³-hybridized carbons (Fsp3) is 0.462. The van der Waals surface area contributed by atoms with Gasteiger partial charge in [-0.25, -0.2) is 0 Å². The van der Waals surface area contributed by atoms with Gasteiger partial charge in [0.15, 0.2) is 11.5 Å². The zero-order chi connectivity index (χ0) is 13.4. The summed E-state index contributed by atoms with van der Waals surface area (Å²) in [7, 11) is 0. The van der Waals surface area contributed by atoms with E-state index in [-0.39, 0.29) is 17.4 Å². The predicted octanol–water partition coefficient (Wildman–Crippen LogP) is 2.36. The van der Waals surface area contributed by atoms with Crippen LogP contribution in [0.2, 0.25) is 0 Å². The van der Waals surface area contributed by atoms with Crippen LogP contribution in [-0.4, -0.2) is 34.7 Å². The summed E-state index contributed by atoms with van der Waals surface area (Å²) in [5.41, 5.74) is 0.356. The van der Waals surface area contributed by atoms with Crippen molar-refractivity contribution in [1.82, 2.24) is 5.32 Å². The van der Waals surface area contributed by atoms with E-state index in [4.69, 9.17) is 5.11 Å². The van der Waals surface area contributed by atoms with Gasteiger partial charge in [0.05, 0.1) is 0 Å². The van der Waals surface area contributed by atoms with Crippen molar-refractivity contribution in [3.8, 4) is 11.5 Å². The molecule has 0 aromatic heterocycles. The highest BCUT2D eigenvalue weighted by Crippen LogP contribution is 2.24. The third-order valence-electron chi connectivity index (χ3n) is 2.55. The molecule has 4 nitrogen and oxygen atoms in total. The number of phenolic OH excluding ortho intramolecular Hbond substituents is 2. The molecule has 18 heavy (non-hydrogen) atoms. The van der Waals surface area contributed by atoms with E-state index in [2.05, 4.69) is 11.6 Å². The van der Waals surface area contributed by atoms with Crippen LogP contribution in [0.3, 0.4) is 0 Å². The quantitative estimate of drug-likeness (QED) is 0.525. The molecule has 0 bridgehead atoms. The molecule has 0 aliphatic carbocycles. The zero-order valence-corrected chi connectivity index (χ0v) is 11.3. The van der Waals surface area contributed by atoms with Gasteiger partial charge in [-0.1, -0.05) is 6.42 Å². The topological polar surface area (TPSA) is 69.6 Å². The lowest BCUT2D eigenvalue weighted by atomic mass is 10.2. The normalized spacial score (nSPS) is 10.3. The van der Waals surface area contributed by atoms with Gasteiger partial charge < -0.3 is 15.5 Å². The third-order valence-corrected chi connectivity index (χ3v) is 3.25. The van der Waals surface area contributed by atoms with Crippen LogP contribution >= 0.6 is 11.8 Å². The highest BCUT2D eigenvalue weighted by Gasteiger charge is 2.07. The summed E-state index contributed by atoms with van der Waals surface area (Å²) in [5.74, 6) is 0.432. The number of hydrogen-bond acceptors (Lipinski definition) is 4. The lowest BCUT2D eigenvalue weighted by Gasteiger charge is -2.06. The van der Waals surface area contributed by atoms with Crippen LogP contribution in [0.1, 0.15) is 29.6 Å². The lowest BCUT2D eigenvalue weighted by molar-refractivity contribution is 0.0952. The molecule has 100 valence electrons. The molecule has 0 spiro atoms. The molecule has 0 heterocycles. The number of nitrogens with one attached hydrogen (secondary N) is 1. The van der Waals surface area contributed by atoms with E-state index in [0.29, 0.717) is 12.1 Å². The SMILES string of the molecule is CSCCCCCNC(=O)c1ccc(O)c(O)c1. The Morgan fingerprint density at radius 3 is 2.67 bits per heavy atom. The second-order valence-corrected chi connectivity index (χ2v) is 5.00. The zero-order valence-electron chi connectivity index (χ0n) is 10.5. The predicted molar refractivity (Wildman–Crippen MR) is 74.3 cm³/mol. The summed E-state index contributed by atoms with van der Waals surface area (Å²) in [6.45, 7) is 0.634. The Labute approximate surface area is 111 Å². The van der Waals surface area contributed by atoms with Gasteiger partial charge in [-0.2, -0.15) is 11.8 Å². The summed E-state index contributed by atoms with van der Waals surface area (Å²) in [6, 6.07) is 4.05. The number of thioether (sulfide) groups is 1. The number of aromatic hydroxyl groups is 2.